The van der Waals surface area contributed by atoms with Crippen LogP contribution in [-0.2, 0) is 12.0 Å². The number of hydrogen-bond donors (Lipinski definition) is 1. The summed E-state index contributed by atoms with van der Waals surface area (Å²) in [6.07, 6.45) is 4.41. The molecule has 1 aliphatic heterocycles. The number of aryl methyl sites for hydroxylation is 1. The van der Waals surface area contributed by atoms with Gasteiger partial charge in [0.1, 0.15) is 5.54 Å². The molecule has 24 heavy (non-hydrogen) atoms. The summed E-state index contributed by atoms with van der Waals surface area (Å²) in [6, 6.07) is 3.78. The smallest absolute Gasteiger partial charge is 0.195 e. The largest absolute Gasteiger partial charge is 0.378 e. The SMILES string of the molecule is C=C1C[C@@](C)(c2cc(CC(=O)c3ncc(C)s3)ccn2)N=C(N)S1. The summed E-state index contributed by atoms with van der Waals surface area (Å²) in [5, 5.41) is 1.04. The van der Waals surface area contributed by atoms with Crippen LogP contribution in [0.4, 0.5) is 0 Å². The van der Waals surface area contributed by atoms with E-state index in [1.54, 1.807) is 12.4 Å². The lowest BCUT2D eigenvalue weighted by Crippen LogP contribution is -2.28. The van der Waals surface area contributed by atoms with E-state index >= 15 is 0 Å². The summed E-state index contributed by atoms with van der Waals surface area (Å²) in [6.45, 7) is 7.94. The molecule has 2 aromatic rings. The second-order valence-corrected chi connectivity index (χ2v) is 8.40. The van der Waals surface area contributed by atoms with E-state index in [-0.39, 0.29) is 5.78 Å². The summed E-state index contributed by atoms with van der Waals surface area (Å²) >= 11 is 2.82. The number of Topliss-reactive ketones (excluding diaryl/α,β-unsaturated/α-hetero) is 1. The normalized spacial score (nSPS) is 20.8. The van der Waals surface area contributed by atoms with Crippen LogP contribution in [0.5, 0.6) is 0 Å². The van der Waals surface area contributed by atoms with Gasteiger partial charge in [-0.25, -0.2) is 9.98 Å². The van der Waals surface area contributed by atoms with Crippen LogP contribution in [-0.4, -0.2) is 20.9 Å². The van der Waals surface area contributed by atoms with E-state index in [2.05, 4.69) is 21.5 Å². The minimum atomic E-state index is -0.538. The highest BCUT2D eigenvalue weighted by atomic mass is 32.2. The van der Waals surface area contributed by atoms with E-state index in [1.807, 2.05) is 26.0 Å². The van der Waals surface area contributed by atoms with E-state index in [9.17, 15) is 4.79 Å². The van der Waals surface area contributed by atoms with Crippen LogP contribution in [0.2, 0.25) is 0 Å². The summed E-state index contributed by atoms with van der Waals surface area (Å²) in [5.74, 6) is 0.0158. The van der Waals surface area contributed by atoms with E-state index in [0.29, 0.717) is 23.0 Å². The molecule has 0 radical (unpaired) electrons. The monoisotopic (exact) mass is 358 g/mol. The molecule has 5 nitrogen and oxygen atoms in total. The topological polar surface area (TPSA) is 81.2 Å². The standard InChI is InChI=1S/C17H18N4OS2/c1-10-8-17(3,21-16(18)24-10)14-7-12(4-5-19-14)6-13(22)15-20-9-11(2)23-15/h4-5,7,9H,1,6,8H2,2-3H3,(H2,18,21)/t17-/m0/s1. The van der Waals surface area contributed by atoms with Gasteiger partial charge in [0.25, 0.3) is 0 Å². The number of carbonyl (C=O) groups excluding carboxylic acids is 1. The lowest BCUT2D eigenvalue weighted by atomic mass is 9.92. The molecule has 1 atom stereocenters. The number of nitrogens with two attached hydrogens (primary N) is 1. The number of rotatable bonds is 4. The number of aliphatic imine (C=N–C) groups is 1. The van der Waals surface area contributed by atoms with Crippen LogP contribution in [0, 0.1) is 6.92 Å². The Bertz CT molecular complexity index is 843. The van der Waals surface area contributed by atoms with Gasteiger partial charge in [-0.3, -0.25) is 9.78 Å². The van der Waals surface area contributed by atoms with Crippen molar-refractivity contribution in [2.45, 2.75) is 32.2 Å². The first-order chi connectivity index (χ1) is 11.4. The van der Waals surface area contributed by atoms with Crippen LogP contribution in [0.1, 0.15) is 39.3 Å². The van der Waals surface area contributed by atoms with Gasteiger partial charge < -0.3 is 5.73 Å². The Balaban J connectivity index is 1.85. The average Bonchev–Trinajstić information content (AvgIpc) is 2.93. The number of nitrogens with zero attached hydrogens (tertiary/aromatic N) is 3. The number of hydrogen-bond acceptors (Lipinski definition) is 7. The van der Waals surface area contributed by atoms with Crippen molar-refractivity contribution < 1.29 is 4.79 Å². The molecule has 0 aliphatic carbocycles. The van der Waals surface area contributed by atoms with Gasteiger partial charge in [0.2, 0.25) is 0 Å². The highest BCUT2D eigenvalue weighted by Gasteiger charge is 2.32. The number of aromatic nitrogens is 2. The number of carbonyl (C=O) groups is 1. The molecule has 3 heterocycles. The van der Waals surface area contributed by atoms with Gasteiger partial charge in [0.15, 0.2) is 16.0 Å². The van der Waals surface area contributed by atoms with Crippen molar-refractivity contribution in [2.75, 3.05) is 0 Å². The number of ketones is 1. The molecule has 1 aliphatic rings. The molecular formula is C17H18N4OS2. The maximum Gasteiger partial charge on any atom is 0.195 e. The van der Waals surface area contributed by atoms with Crippen LogP contribution in [0.15, 0.2) is 41.0 Å². The Morgan fingerprint density at radius 3 is 2.92 bits per heavy atom. The van der Waals surface area contributed by atoms with Crippen LogP contribution < -0.4 is 5.73 Å². The first-order valence-corrected chi connectivity index (χ1v) is 9.11. The number of thioether (sulfide) groups is 1. The zero-order valence-electron chi connectivity index (χ0n) is 13.6. The predicted molar refractivity (Wildman–Crippen MR) is 99.4 cm³/mol. The maximum absolute atomic E-state index is 12.4. The first kappa shape index (κ1) is 16.9. The second-order valence-electron chi connectivity index (χ2n) is 5.97. The van der Waals surface area contributed by atoms with Gasteiger partial charge in [-0.15, -0.1) is 11.3 Å². The van der Waals surface area contributed by atoms with Gasteiger partial charge in [0, 0.05) is 30.1 Å². The van der Waals surface area contributed by atoms with Gasteiger partial charge in [-0.05, 0) is 36.4 Å². The van der Waals surface area contributed by atoms with Crippen molar-refractivity contribution in [3.8, 4) is 0 Å². The van der Waals surface area contributed by atoms with Crippen LogP contribution in [0.25, 0.3) is 0 Å². The molecule has 0 saturated carbocycles. The van der Waals surface area contributed by atoms with Crippen LogP contribution >= 0.6 is 23.1 Å². The molecule has 124 valence electrons. The fourth-order valence-corrected chi connectivity index (χ4v) is 4.24. The fraction of sp³-hybridized carbons (Fsp3) is 0.294. The molecule has 0 aromatic carbocycles. The molecule has 7 heteroatoms. The van der Waals surface area contributed by atoms with Crippen molar-refractivity contribution in [1.29, 1.82) is 0 Å². The molecule has 0 saturated heterocycles. The van der Waals surface area contributed by atoms with Crippen molar-refractivity contribution in [1.82, 2.24) is 9.97 Å². The summed E-state index contributed by atoms with van der Waals surface area (Å²) in [4.78, 5) is 27.5. The Morgan fingerprint density at radius 2 is 2.25 bits per heavy atom. The molecule has 2 N–H and O–H groups in total. The molecule has 3 rings (SSSR count). The molecule has 0 spiro atoms. The third kappa shape index (κ3) is 3.57. The van der Waals surface area contributed by atoms with E-state index in [0.717, 1.165) is 21.0 Å². The minimum absolute atomic E-state index is 0.0158. The Labute approximate surface area is 149 Å². The number of pyridine rings is 1. The lowest BCUT2D eigenvalue weighted by molar-refractivity contribution is 0.0992. The molecule has 0 fully saturated rings. The summed E-state index contributed by atoms with van der Waals surface area (Å²) in [5.41, 5.74) is 7.06. The molecule has 2 aromatic heterocycles. The van der Waals surface area contributed by atoms with Crippen molar-refractivity contribution in [2.24, 2.45) is 10.7 Å². The number of amidine groups is 1. The summed E-state index contributed by atoms with van der Waals surface area (Å²) < 4.78 is 0. The van der Waals surface area contributed by atoms with Gasteiger partial charge in [0.05, 0.1) is 5.69 Å². The van der Waals surface area contributed by atoms with Crippen LogP contribution in [0.3, 0.4) is 0 Å². The highest BCUT2D eigenvalue weighted by molar-refractivity contribution is 8.17. The maximum atomic E-state index is 12.4. The minimum Gasteiger partial charge on any atom is -0.378 e. The molecule has 0 bridgehead atoms. The summed E-state index contributed by atoms with van der Waals surface area (Å²) in [7, 11) is 0. The Hall–Kier alpha value is -1.99. The molecule has 0 amide bonds. The van der Waals surface area contributed by atoms with E-state index in [1.165, 1.54) is 23.1 Å². The van der Waals surface area contributed by atoms with Gasteiger partial charge >= 0.3 is 0 Å². The zero-order chi connectivity index (χ0) is 17.3. The van der Waals surface area contributed by atoms with Crippen molar-refractivity contribution in [3.05, 3.63) is 57.2 Å². The Morgan fingerprint density at radius 1 is 1.46 bits per heavy atom. The average molecular weight is 358 g/mol. The highest BCUT2D eigenvalue weighted by Crippen LogP contribution is 2.39. The van der Waals surface area contributed by atoms with Gasteiger partial charge in [-0.1, -0.05) is 18.3 Å². The molecular weight excluding hydrogens is 340 g/mol. The van der Waals surface area contributed by atoms with E-state index < -0.39 is 5.54 Å². The first-order valence-electron chi connectivity index (χ1n) is 7.48. The van der Waals surface area contributed by atoms with E-state index in [4.69, 9.17) is 5.73 Å². The predicted octanol–water partition coefficient (Wildman–Crippen LogP) is 3.45. The van der Waals surface area contributed by atoms with Crippen molar-refractivity contribution in [3.63, 3.8) is 0 Å². The molecule has 0 unspecified atom stereocenters. The third-order valence-corrected chi connectivity index (χ3v) is 5.44. The Kier molecular flexibility index (Phi) is 4.56. The van der Waals surface area contributed by atoms with Crippen molar-refractivity contribution >= 4 is 34.0 Å². The second kappa shape index (κ2) is 6.49. The lowest BCUT2D eigenvalue weighted by Gasteiger charge is -2.30. The quantitative estimate of drug-likeness (QED) is 0.847. The number of thiazole rings is 1. The third-order valence-electron chi connectivity index (χ3n) is 3.75. The fourth-order valence-electron chi connectivity index (χ4n) is 2.64. The zero-order valence-corrected chi connectivity index (χ0v) is 15.2. The van der Waals surface area contributed by atoms with Gasteiger partial charge in [-0.2, -0.15) is 0 Å².